The predicted molar refractivity (Wildman–Crippen MR) is 148 cm³/mol. The molecule has 9 nitrogen and oxygen atoms in total. The van der Waals surface area contributed by atoms with E-state index in [1.807, 2.05) is 12.3 Å². The number of carbonyl (C=O) groups is 2. The quantitative estimate of drug-likeness (QED) is 0.337. The molecular formula is C29H33ClFN5O4. The van der Waals surface area contributed by atoms with Crippen molar-refractivity contribution in [2.24, 2.45) is 11.3 Å². The van der Waals surface area contributed by atoms with Crippen LogP contribution >= 0.6 is 11.6 Å². The second-order valence-electron chi connectivity index (χ2n) is 11.5. The molecule has 1 aromatic rings. The molecule has 2 amide bonds. The van der Waals surface area contributed by atoms with Gasteiger partial charge in [-0.1, -0.05) is 17.7 Å². The van der Waals surface area contributed by atoms with Crippen LogP contribution in [0.25, 0.3) is 0 Å². The fourth-order valence-corrected chi connectivity index (χ4v) is 5.52. The van der Waals surface area contributed by atoms with Gasteiger partial charge in [-0.3, -0.25) is 14.6 Å². The Morgan fingerprint density at radius 3 is 2.55 bits per heavy atom. The van der Waals surface area contributed by atoms with E-state index in [1.54, 1.807) is 25.7 Å². The third-order valence-corrected chi connectivity index (χ3v) is 7.71. The average Bonchev–Trinajstić information content (AvgIpc) is 2.92. The number of benzene rings is 1. The molecule has 1 saturated heterocycles. The number of hydrogen-bond donors (Lipinski definition) is 0. The van der Waals surface area contributed by atoms with Crippen molar-refractivity contribution < 1.29 is 23.5 Å². The van der Waals surface area contributed by atoms with Crippen LogP contribution in [0.2, 0.25) is 5.02 Å². The molecule has 0 N–H and O–H groups in total. The highest BCUT2D eigenvalue weighted by atomic mass is 35.5. The number of ether oxygens (including phenoxy) is 2. The maximum atomic E-state index is 13.7. The largest absolute Gasteiger partial charge is 0.476 e. The SMILES string of the molecule is CN(C#N)c1cc2c(cc1Cl)N(C(=O)OC(C)(C)C)CC(C(=O)N1CCC(C#N)(CC3C=CC(F)=CC3)CC1)O2. The zero-order chi connectivity index (χ0) is 29.2. The zero-order valence-electron chi connectivity index (χ0n) is 23.1. The van der Waals surface area contributed by atoms with Gasteiger partial charge >= 0.3 is 6.09 Å². The first-order valence-electron chi connectivity index (χ1n) is 13.2. The van der Waals surface area contributed by atoms with Crippen LogP contribution in [0, 0.1) is 34.1 Å². The van der Waals surface area contributed by atoms with Gasteiger partial charge in [0.25, 0.3) is 5.91 Å². The number of halogens is 2. The summed E-state index contributed by atoms with van der Waals surface area (Å²) >= 11 is 6.42. The first-order chi connectivity index (χ1) is 18.8. The summed E-state index contributed by atoms with van der Waals surface area (Å²) in [6.45, 7) is 5.87. The topological polar surface area (TPSA) is 110 Å². The molecule has 11 heteroatoms. The van der Waals surface area contributed by atoms with E-state index in [1.165, 1.54) is 41.1 Å². The Labute approximate surface area is 239 Å². The molecule has 0 saturated carbocycles. The van der Waals surface area contributed by atoms with E-state index in [0.717, 1.165) is 0 Å². The molecule has 0 spiro atoms. The molecule has 1 aromatic carbocycles. The molecular weight excluding hydrogens is 537 g/mol. The molecule has 212 valence electrons. The van der Waals surface area contributed by atoms with Gasteiger partial charge in [-0.05, 0) is 70.6 Å². The van der Waals surface area contributed by atoms with Gasteiger partial charge in [0.15, 0.2) is 12.3 Å². The number of piperidine rings is 1. The second kappa shape index (κ2) is 11.4. The van der Waals surface area contributed by atoms with Gasteiger partial charge in [0, 0.05) is 26.2 Å². The first kappa shape index (κ1) is 29.2. The zero-order valence-corrected chi connectivity index (χ0v) is 23.9. The molecule has 0 aromatic heterocycles. The lowest BCUT2D eigenvalue weighted by molar-refractivity contribution is -0.140. The average molecular weight is 570 g/mol. The molecule has 40 heavy (non-hydrogen) atoms. The number of nitrogens with zero attached hydrogens (tertiary/aromatic N) is 5. The second-order valence-corrected chi connectivity index (χ2v) is 11.9. The summed E-state index contributed by atoms with van der Waals surface area (Å²) in [5.41, 5.74) is -0.679. The van der Waals surface area contributed by atoms with E-state index in [9.17, 15) is 24.5 Å². The van der Waals surface area contributed by atoms with Crippen LogP contribution in [-0.4, -0.2) is 55.3 Å². The van der Waals surface area contributed by atoms with Crippen LogP contribution in [0.15, 0.2) is 36.2 Å². The summed E-state index contributed by atoms with van der Waals surface area (Å²) in [6.07, 6.45) is 7.22. The standard InChI is InChI=1S/C29H33ClFN5O4/c1-28(2,3)40-27(38)36-16-25(39-24-14-22(34(4)18-33)21(30)13-23(24)36)26(37)35-11-9-29(17-32,10-12-35)15-19-5-7-20(31)8-6-19/h5,7-8,13-14,19,25H,6,9-12,15-16H2,1-4H3. The van der Waals surface area contributed by atoms with Crippen LogP contribution in [0.5, 0.6) is 5.75 Å². The van der Waals surface area contributed by atoms with Crippen molar-refractivity contribution in [1.82, 2.24) is 4.90 Å². The number of amides is 2. The normalized spacial score (nSPS) is 21.8. The molecule has 1 aliphatic carbocycles. The first-order valence-corrected chi connectivity index (χ1v) is 13.6. The maximum absolute atomic E-state index is 13.7. The van der Waals surface area contributed by atoms with Crippen molar-refractivity contribution in [1.29, 1.82) is 10.5 Å². The molecule has 2 atom stereocenters. The van der Waals surface area contributed by atoms with Crippen LogP contribution in [0.4, 0.5) is 20.6 Å². The van der Waals surface area contributed by atoms with Crippen molar-refractivity contribution in [3.8, 4) is 18.0 Å². The van der Waals surface area contributed by atoms with Gasteiger partial charge in [0.05, 0.1) is 34.4 Å². The number of anilines is 2. The van der Waals surface area contributed by atoms with Gasteiger partial charge in [-0.2, -0.15) is 10.5 Å². The third kappa shape index (κ3) is 6.34. The van der Waals surface area contributed by atoms with Gasteiger partial charge in [-0.25, -0.2) is 9.18 Å². The monoisotopic (exact) mass is 569 g/mol. The lowest BCUT2D eigenvalue weighted by Gasteiger charge is -2.41. The predicted octanol–water partition coefficient (Wildman–Crippen LogP) is 5.71. The number of carbonyl (C=O) groups excluding carboxylic acids is 2. The number of nitriles is 2. The minimum atomic E-state index is -1.02. The van der Waals surface area contributed by atoms with Crippen LogP contribution in [-0.2, 0) is 9.53 Å². The maximum Gasteiger partial charge on any atom is 0.415 e. The molecule has 4 rings (SSSR count). The Morgan fingerprint density at radius 2 is 1.98 bits per heavy atom. The number of allylic oxidation sites excluding steroid dienone is 4. The third-order valence-electron chi connectivity index (χ3n) is 7.40. The van der Waals surface area contributed by atoms with Gasteiger partial charge in [0.1, 0.15) is 17.2 Å². The molecule has 1 fully saturated rings. The fraction of sp³-hybridized carbons (Fsp3) is 0.517. The van der Waals surface area contributed by atoms with Gasteiger partial charge in [0.2, 0.25) is 0 Å². The van der Waals surface area contributed by atoms with E-state index in [4.69, 9.17) is 21.1 Å². The number of fused-ring (bicyclic) bond motifs is 1. The Hall–Kier alpha value is -3.76. The Morgan fingerprint density at radius 1 is 1.27 bits per heavy atom. The van der Waals surface area contributed by atoms with Crippen molar-refractivity contribution in [3.05, 3.63) is 41.2 Å². The lowest BCUT2D eigenvalue weighted by Crippen LogP contribution is -2.54. The van der Waals surface area contributed by atoms with E-state index in [0.29, 0.717) is 50.1 Å². The fourth-order valence-electron chi connectivity index (χ4n) is 5.23. The van der Waals surface area contributed by atoms with Gasteiger partial charge < -0.3 is 14.4 Å². The molecule has 2 heterocycles. The highest BCUT2D eigenvalue weighted by Crippen LogP contribution is 2.43. The summed E-state index contributed by atoms with van der Waals surface area (Å²) in [4.78, 5) is 31.1. The molecule has 0 bridgehead atoms. The summed E-state index contributed by atoms with van der Waals surface area (Å²) < 4.78 is 25.1. The summed E-state index contributed by atoms with van der Waals surface area (Å²) in [7, 11) is 1.54. The van der Waals surface area contributed by atoms with E-state index >= 15 is 0 Å². The van der Waals surface area contributed by atoms with Crippen molar-refractivity contribution in [2.45, 2.75) is 58.2 Å². The molecule has 3 aliphatic rings. The van der Waals surface area contributed by atoms with Crippen LogP contribution in [0.3, 0.4) is 0 Å². The summed E-state index contributed by atoms with van der Waals surface area (Å²) in [5, 5.41) is 19.6. The number of likely N-dealkylation sites (tertiary alicyclic amines) is 1. The minimum absolute atomic E-state index is 0.0783. The van der Waals surface area contributed by atoms with E-state index < -0.39 is 23.2 Å². The molecule has 0 radical (unpaired) electrons. The van der Waals surface area contributed by atoms with Crippen molar-refractivity contribution in [2.75, 3.05) is 36.5 Å². The van der Waals surface area contributed by atoms with Crippen molar-refractivity contribution >= 4 is 35.0 Å². The Bertz CT molecular complexity index is 1320. The smallest absolute Gasteiger partial charge is 0.415 e. The number of hydrogen-bond acceptors (Lipinski definition) is 7. The summed E-state index contributed by atoms with van der Waals surface area (Å²) in [5.74, 6) is -0.261. The van der Waals surface area contributed by atoms with Crippen LogP contribution in [0.1, 0.15) is 46.5 Å². The molecule has 2 unspecified atom stereocenters. The Balaban J connectivity index is 1.53. The Kier molecular flexibility index (Phi) is 8.32. The van der Waals surface area contributed by atoms with Crippen molar-refractivity contribution in [3.63, 3.8) is 0 Å². The van der Waals surface area contributed by atoms with E-state index in [-0.39, 0.29) is 35.0 Å². The van der Waals surface area contributed by atoms with Crippen LogP contribution < -0.4 is 14.5 Å². The summed E-state index contributed by atoms with van der Waals surface area (Å²) in [6, 6.07) is 5.52. The lowest BCUT2D eigenvalue weighted by atomic mass is 9.72. The highest BCUT2D eigenvalue weighted by molar-refractivity contribution is 6.33. The van der Waals surface area contributed by atoms with Gasteiger partial charge in [-0.15, -0.1) is 0 Å². The highest BCUT2D eigenvalue weighted by Gasteiger charge is 2.42. The van der Waals surface area contributed by atoms with E-state index in [2.05, 4.69) is 6.07 Å². The molecule has 2 aliphatic heterocycles. The number of rotatable bonds is 4. The minimum Gasteiger partial charge on any atom is -0.476 e.